The summed E-state index contributed by atoms with van der Waals surface area (Å²) in [6.45, 7) is 12.9. The van der Waals surface area contributed by atoms with Crippen molar-refractivity contribution in [2.24, 2.45) is 5.92 Å². The van der Waals surface area contributed by atoms with E-state index in [4.69, 9.17) is 9.47 Å². The summed E-state index contributed by atoms with van der Waals surface area (Å²) in [5.74, 6) is -0.164. The lowest BCUT2D eigenvalue weighted by Crippen LogP contribution is -2.47. The van der Waals surface area contributed by atoms with Gasteiger partial charge in [0.2, 0.25) is 10.0 Å². The van der Waals surface area contributed by atoms with Crippen molar-refractivity contribution in [2.45, 2.75) is 70.9 Å². The number of hydrogen-bond acceptors (Lipinski definition) is 6. The Labute approximate surface area is 237 Å². The SMILES string of the molecule is CC(C)c1ccc(NC(=O)Oc2ccc(-c3ccc(S(=O)(=O)N[C@@H](C(=O)OC(C)(C)C)C(C)C)cc3)cc2)cc1. The van der Waals surface area contributed by atoms with Gasteiger partial charge in [0.05, 0.1) is 4.90 Å². The Morgan fingerprint density at radius 1 is 0.775 bits per heavy atom. The molecule has 0 aromatic heterocycles. The van der Waals surface area contributed by atoms with Crippen molar-refractivity contribution in [1.29, 1.82) is 0 Å². The first-order valence-electron chi connectivity index (χ1n) is 13.2. The van der Waals surface area contributed by atoms with Crippen LogP contribution < -0.4 is 14.8 Å². The lowest BCUT2D eigenvalue weighted by atomic mass is 10.0. The first-order valence-corrected chi connectivity index (χ1v) is 14.7. The molecule has 1 amide bonds. The molecule has 0 saturated heterocycles. The van der Waals surface area contributed by atoms with E-state index in [1.54, 1.807) is 71.0 Å². The minimum atomic E-state index is -3.97. The average molecular weight is 567 g/mol. The molecule has 214 valence electrons. The molecule has 0 bridgehead atoms. The van der Waals surface area contributed by atoms with Crippen LogP contribution in [-0.4, -0.2) is 32.1 Å². The predicted molar refractivity (Wildman–Crippen MR) is 157 cm³/mol. The molecule has 8 nitrogen and oxygen atoms in total. The van der Waals surface area contributed by atoms with Crippen LogP contribution in [0.25, 0.3) is 11.1 Å². The molecule has 0 fully saturated rings. The summed E-state index contributed by atoms with van der Waals surface area (Å²) in [6, 6.07) is 19.8. The highest BCUT2D eigenvalue weighted by Crippen LogP contribution is 2.25. The molecule has 3 aromatic carbocycles. The van der Waals surface area contributed by atoms with E-state index in [2.05, 4.69) is 23.9 Å². The minimum Gasteiger partial charge on any atom is -0.459 e. The van der Waals surface area contributed by atoms with Crippen molar-refractivity contribution in [3.8, 4) is 16.9 Å². The Balaban J connectivity index is 1.64. The zero-order chi connectivity index (χ0) is 29.7. The normalized spacial score (nSPS) is 12.7. The second-order valence-corrected chi connectivity index (χ2v) is 12.9. The maximum Gasteiger partial charge on any atom is 0.417 e. The summed E-state index contributed by atoms with van der Waals surface area (Å²) in [7, 11) is -3.97. The number of sulfonamides is 1. The van der Waals surface area contributed by atoms with Crippen molar-refractivity contribution < 1.29 is 27.5 Å². The first kappa shape index (κ1) is 30.8. The number of hydrogen-bond donors (Lipinski definition) is 2. The Morgan fingerprint density at radius 3 is 1.77 bits per heavy atom. The van der Waals surface area contributed by atoms with Crippen LogP contribution in [0.2, 0.25) is 0 Å². The van der Waals surface area contributed by atoms with Crippen LogP contribution in [0.15, 0.2) is 77.7 Å². The summed E-state index contributed by atoms with van der Waals surface area (Å²) >= 11 is 0. The van der Waals surface area contributed by atoms with Gasteiger partial charge in [-0.05, 0) is 85.7 Å². The van der Waals surface area contributed by atoms with Gasteiger partial charge in [-0.2, -0.15) is 4.72 Å². The van der Waals surface area contributed by atoms with Gasteiger partial charge in [-0.15, -0.1) is 0 Å². The van der Waals surface area contributed by atoms with Crippen LogP contribution in [0.5, 0.6) is 5.75 Å². The molecular weight excluding hydrogens is 528 g/mol. The van der Waals surface area contributed by atoms with Crippen molar-refractivity contribution >= 4 is 27.8 Å². The highest BCUT2D eigenvalue weighted by atomic mass is 32.2. The van der Waals surface area contributed by atoms with Crippen molar-refractivity contribution in [3.05, 3.63) is 78.4 Å². The highest BCUT2D eigenvalue weighted by molar-refractivity contribution is 7.89. The maximum atomic E-state index is 13.0. The van der Waals surface area contributed by atoms with E-state index in [9.17, 15) is 18.0 Å². The quantitative estimate of drug-likeness (QED) is 0.278. The van der Waals surface area contributed by atoms with Gasteiger partial charge in [0.1, 0.15) is 17.4 Å². The smallest absolute Gasteiger partial charge is 0.417 e. The summed E-state index contributed by atoms with van der Waals surface area (Å²) in [5, 5.41) is 2.71. The Morgan fingerprint density at radius 2 is 1.30 bits per heavy atom. The van der Waals surface area contributed by atoms with Crippen LogP contribution in [0.1, 0.15) is 59.9 Å². The fourth-order valence-electron chi connectivity index (χ4n) is 3.80. The molecule has 2 N–H and O–H groups in total. The molecule has 0 radical (unpaired) electrons. The van der Waals surface area contributed by atoms with Gasteiger partial charge < -0.3 is 9.47 Å². The molecule has 3 rings (SSSR count). The van der Waals surface area contributed by atoms with Gasteiger partial charge in [-0.1, -0.05) is 64.1 Å². The van der Waals surface area contributed by atoms with Crippen LogP contribution in [-0.2, 0) is 19.6 Å². The second kappa shape index (κ2) is 12.7. The first-order chi connectivity index (χ1) is 18.6. The standard InChI is InChI=1S/C31H38N2O6S/c1-20(2)22-8-14-25(15-9-22)32-30(35)38-26-16-10-23(11-17-26)24-12-18-27(19-13-24)40(36,37)33-28(21(3)4)29(34)39-31(5,6)7/h8-21,28,33H,1-7H3,(H,32,35)/t28-/m1/s1. The molecule has 0 aliphatic rings. The maximum absolute atomic E-state index is 13.0. The van der Waals surface area contributed by atoms with Crippen molar-refractivity contribution in [1.82, 2.24) is 4.72 Å². The van der Waals surface area contributed by atoms with E-state index in [0.29, 0.717) is 17.4 Å². The lowest BCUT2D eigenvalue weighted by molar-refractivity contribution is -0.158. The number of esters is 1. The average Bonchev–Trinajstić information content (AvgIpc) is 2.87. The molecule has 0 heterocycles. The van der Waals surface area contributed by atoms with Crippen LogP contribution in [0.4, 0.5) is 10.5 Å². The van der Waals surface area contributed by atoms with Gasteiger partial charge >= 0.3 is 12.1 Å². The molecule has 3 aromatic rings. The van der Waals surface area contributed by atoms with Crippen LogP contribution in [0.3, 0.4) is 0 Å². The van der Waals surface area contributed by atoms with Gasteiger partial charge in [0, 0.05) is 5.69 Å². The second-order valence-electron chi connectivity index (χ2n) is 11.2. The van der Waals surface area contributed by atoms with Gasteiger partial charge in [-0.25, -0.2) is 13.2 Å². The Bertz CT molecular complexity index is 1410. The molecule has 40 heavy (non-hydrogen) atoms. The minimum absolute atomic E-state index is 0.0310. The third-order valence-electron chi connectivity index (χ3n) is 6.00. The number of ether oxygens (including phenoxy) is 2. The number of anilines is 1. The number of nitrogens with one attached hydrogen (secondary N) is 2. The number of amides is 1. The molecular formula is C31H38N2O6S. The molecule has 0 aliphatic carbocycles. The monoisotopic (exact) mass is 566 g/mol. The molecule has 0 unspecified atom stereocenters. The van der Waals surface area contributed by atoms with Crippen molar-refractivity contribution in [2.75, 3.05) is 5.32 Å². The topological polar surface area (TPSA) is 111 Å². The number of rotatable bonds is 9. The summed E-state index contributed by atoms with van der Waals surface area (Å²) < 4.78 is 39.3. The summed E-state index contributed by atoms with van der Waals surface area (Å²) in [4.78, 5) is 24.9. The molecule has 9 heteroatoms. The number of carbonyl (C=O) groups is 2. The largest absolute Gasteiger partial charge is 0.459 e. The van der Waals surface area contributed by atoms with Gasteiger partial charge in [0.25, 0.3) is 0 Å². The van der Waals surface area contributed by atoms with E-state index in [0.717, 1.165) is 11.1 Å². The summed E-state index contributed by atoms with van der Waals surface area (Å²) in [5.41, 5.74) is 2.66. The van der Waals surface area contributed by atoms with E-state index < -0.39 is 33.7 Å². The fraction of sp³-hybridized carbons (Fsp3) is 0.355. The number of benzene rings is 3. The predicted octanol–water partition coefficient (Wildman–Crippen LogP) is 6.73. The van der Waals surface area contributed by atoms with E-state index >= 15 is 0 Å². The van der Waals surface area contributed by atoms with Crippen LogP contribution >= 0.6 is 0 Å². The fourth-order valence-corrected chi connectivity index (χ4v) is 5.13. The summed E-state index contributed by atoms with van der Waals surface area (Å²) in [6.07, 6.45) is -0.599. The Hall–Kier alpha value is -3.69. The highest BCUT2D eigenvalue weighted by Gasteiger charge is 2.32. The molecule has 0 aliphatic heterocycles. The van der Waals surface area contributed by atoms with Crippen molar-refractivity contribution in [3.63, 3.8) is 0 Å². The zero-order valence-corrected chi connectivity index (χ0v) is 24.8. The van der Waals surface area contributed by atoms with E-state index in [1.807, 2.05) is 24.3 Å². The third-order valence-corrected chi connectivity index (χ3v) is 7.45. The molecule has 0 saturated carbocycles. The lowest BCUT2D eigenvalue weighted by Gasteiger charge is -2.26. The zero-order valence-electron chi connectivity index (χ0n) is 24.0. The van der Waals surface area contributed by atoms with E-state index in [-0.39, 0.29) is 10.8 Å². The van der Waals surface area contributed by atoms with Gasteiger partial charge in [-0.3, -0.25) is 10.1 Å². The Kier molecular flexibility index (Phi) is 9.76. The van der Waals surface area contributed by atoms with Gasteiger partial charge in [0.15, 0.2) is 0 Å². The molecule has 1 atom stereocenters. The third kappa shape index (κ3) is 8.66. The molecule has 0 spiro atoms. The number of carbonyl (C=O) groups excluding carboxylic acids is 2. The van der Waals surface area contributed by atoms with Crippen LogP contribution in [0, 0.1) is 5.92 Å². The van der Waals surface area contributed by atoms with E-state index in [1.165, 1.54) is 17.7 Å².